The molecule has 0 spiro atoms. The lowest BCUT2D eigenvalue weighted by Gasteiger charge is -2.19. The van der Waals surface area contributed by atoms with Crippen LogP contribution in [0.4, 0.5) is 5.95 Å². The van der Waals surface area contributed by atoms with Gasteiger partial charge in [0.25, 0.3) is 0 Å². The Bertz CT molecular complexity index is 712. The number of thioether (sulfide) groups is 1. The molecule has 1 saturated heterocycles. The van der Waals surface area contributed by atoms with Gasteiger partial charge in [-0.25, -0.2) is 4.68 Å². The van der Waals surface area contributed by atoms with E-state index in [1.807, 2.05) is 31.3 Å². The van der Waals surface area contributed by atoms with Gasteiger partial charge in [-0.1, -0.05) is 23.7 Å². The maximum absolute atomic E-state index is 12.2. The van der Waals surface area contributed by atoms with Gasteiger partial charge in [-0.15, -0.1) is 11.8 Å². The Morgan fingerprint density at radius 1 is 1.36 bits per heavy atom. The number of carbonyl (C=O) groups excluding carboxylic acids is 1. The standard InChI is InChI=1S/C17H22ClN5OS/c1-23-17(21-16(22-23)13-6-8-19-9-7-13)20-15(24)11-25-10-12-2-4-14(18)5-3-12/h2-5,13,19H,6-11H2,1H3,(H,20,21,22,24). The van der Waals surface area contributed by atoms with E-state index in [9.17, 15) is 4.79 Å². The number of nitrogens with zero attached hydrogens (tertiary/aromatic N) is 3. The summed E-state index contributed by atoms with van der Waals surface area (Å²) in [5.41, 5.74) is 1.15. The van der Waals surface area contributed by atoms with Gasteiger partial charge in [-0.05, 0) is 43.6 Å². The van der Waals surface area contributed by atoms with Gasteiger partial charge in [-0.2, -0.15) is 10.1 Å². The van der Waals surface area contributed by atoms with E-state index in [-0.39, 0.29) is 5.91 Å². The van der Waals surface area contributed by atoms with E-state index in [1.165, 1.54) is 0 Å². The fourth-order valence-electron chi connectivity index (χ4n) is 2.77. The van der Waals surface area contributed by atoms with E-state index in [4.69, 9.17) is 11.6 Å². The summed E-state index contributed by atoms with van der Waals surface area (Å²) < 4.78 is 1.65. The monoisotopic (exact) mass is 379 g/mol. The Labute approximate surface area is 156 Å². The van der Waals surface area contributed by atoms with Crippen LogP contribution < -0.4 is 10.6 Å². The first-order chi connectivity index (χ1) is 12.1. The van der Waals surface area contributed by atoms with Gasteiger partial charge in [0.05, 0.1) is 5.75 Å². The van der Waals surface area contributed by atoms with Crippen molar-refractivity contribution in [1.29, 1.82) is 0 Å². The molecule has 0 aliphatic carbocycles. The Balaban J connectivity index is 1.49. The van der Waals surface area contributed by atoms with E-state index in [0.717, 1.165) is 48.1 Å². The van der Waals surface area contributed by atoms with Gasteiger partial charge in [0, 0.05) is 23.7 Å². The van der Waals surface area contributed by atoms with Crippen molar-refractivity contribution in [2.24, 2.45) is 7.05 Å². The Kier molecular flexibility index (Phi) is 6.34. The first-order valence-corrected chi connectivity index (χ1v) is 9.89. The predicted molar refractivity (Wildman–Crippen MR) is 102 cm³/mol. The van der Waals surface area contributed by atoms with Gasteiger partial charge in [0.1, 0.15) is 0 Å². The van der Waals surface area contributed by atoms with Crippen LogP contribution in [0.1, 0.15) is 30.1 Å². The third kappa shape index (κ3) is 5.20. The second-order valence-corrected chi connectivity index (χ2v) is 7.53. The van der Waals surface area contributed by atoms with Gasteiger partial charge in [0.2, 0.25) is 11.9 Å². The molecule has 0 radical (unpaired) electrons. The van der Waals surface area contributed by atoms with Gasteiger partial charge in [0.15, 0.2) is 5.82 Å². The highest BCUT2D eigenvalue weighted by atomic mass is 35.5. The highest BCUT2D eigenvalue weighted by Gasteiger charge is 2.21. The maximum atomic E-state index is 12.2. The third-order valence-electron chi connectivity index (χ3n) is 4.15. The lowest BCUT2D eigenvalue weighted by atomic mass is 9.98. The van der Waals surface area contributed by atoms with Crippen LogP contribution in [-0.4, -0.2) is 39.5 Å². The van der Waals surface area contributed by atoms with Crippen LogP contribution in [0, 0.1) is 0 Å². The summed E-state index contributed by atoms with van der Waals surface area (Å²) in [6.45, 7) is 1.98. The molecule has 6 nitrogen and oxygen atoms in total. The van der Waals surface area contributed by atoms with Crippen LogP contribution in [-0.2, 0) is 17.6 Å². The van der Waals surface area contributed by atoms with Crippen LogP contribution in [0.25, 0.3) is 0 Å². The molecule has 1 aromatic heterocycles. The largest absolute Gasteiger partial charge is 0.317 e. The zero-order chi connectivity index (χ0) is 17.6. The van der Waals surface area contributed by atoms with E-state index in [1.54, 1.807) is 16.4 Å². The summed E-state index contributed by atoms with van der Waals surface area (Å²) in [7, 11) is 1.81. The quantitative estimate of drug-likeness (QED) is 0.807. The molecule has 0 bridgehead atoms. The Morgan fingerprint density at radius 2 is 2.08 bits per heavy atom. The van der Waals surface area contributed by atoms with Crippen molar-refractivity contribution >= 4 is 35.2 Å². The number of hydrogen-bond donors (Lipinski definition) is 2. The highest BCUT2D eigenvalue weighted by molar-refractivity contribution is 7.99. The lowest BCUT2D eigenvalue weighted by molar-refractivity contribution is -0.113. The van der Waals surface area contributed by atoms with Crippen LogP contribution in [0.15, 0.2) is 24.3 Å². The van der Waals surface area contributed by atoms with Crippen molar-refractivity contribution in [3.8, 4) is 0 Å². The summed E-state index contributed by atoms with van der Waals surface area (Å²) in [6, 6.07) is 7.67. The minimum Gasteiger partial charge on any atom is -0.317 e. The van der Waals surface area contributed by atoms with Gasteiger partial charge >= 0.3 is 0 Å². The van der Waals surface area contributed by atoms with E-state index in [2.05, 4.69) is 20.7 Å². The smallest absolute Gasteiger partial charge is 0.236 e. The van der Waals surface area contributed by atoms with Gasteiger partial charge < -0.3 is 5.32 Å². The number of amides is 1. The maximum Gasteiger partial charge on any atom is 0.236 e. The van der Waals surface area contributed by atoms with Crippen molar-refractivity contribution in [3.05, 3.63) is 40.7 Å². The summed E-state index contributed by atoms with van der Waals surface area (Å²) in [4.78, 5) is 16.7. The van der Waals surface area contributed by atoms with E-state index < -0.39 is 0 Å². The second kappa shape index (κ2) is 8.69. The Morgan fingerprint density at radius 3 is 2.80 bits per heavy atom. The molecular weight excluding hydrogens is 358 g/mol. The minimum atomic E-state index is -0.0636. The number of benzene rings is 1. The summed E-state index contributed by atoms with van der Waals surface area (Å²) in [5, 5.41) is 11.4. The molecule has 0 saturated carbocycles. The number of hydrogen-bond acceptors (Lipinski definition) is 5. The fraction of sp³-hybridized carbons (Fsp3) is 0.471. The van der Waals surface area contributed by atoms with Crippen molar-refractivity contribution in [2.45, 2.75) is 24.5 Å². The molecule has 0 atom stereocenters. The molecule has 1 amide bonds. The number of carbonyl (C=O) groups is 1. The highest BCUT2D eigenvalue weighted by Crippen LogP contribution is 2.23. The first kappa shape index (κ1) is 18.2. The molecule has 2 heterocycles. The van der Waals surface area contributed by atoms with Crippen molar-refractivity contribution in [3.63, 3.8) is 0 Å². The molecule has 1 aromatic carbocycles. The molecule has 2 N–H and O–H groups in total. The van der Waals surface area contributed by atoms with Crippen molar-refractivity contribution in [1.82, 2.24) is 20.1 Å². The minimum absolute atomic E-state index is 0.0636. The molecule has 0 unspecified atom stereocenters. The summed E-state index contributed by atoms with van der Waals surface area (Å²) in [5.74, 6) is 2.80. The molecule has 2 aromatic rings. The lowest BCUT2D eigenvalue weighted by Crippen LogP contribution is -2.27. The number of halogens is 1. The summed E-state index contributed by atoms with van der Waals surface area (Å²) in [6.07, 6.45) is 2.07. The number of piperidine rings is 1. The summed E-state index contributed by atoms with van der Waals surface area (Å²) >= 11 is 7.43. The van der Waals surface area contributed by atoms with E-state index >= 15 is 0 Å². The number of rotatable bonds is 6. The topological polar surface area (TPSA) is 71.8 Å². The number of anilines is 1. The van der Waals surface area contributed by atoms with E-state index in [0.29, 0.717) is 17.6 Å². The van der Waals surface area contributed by atoms with Crippen molar-refractivity contribution < 1.29 is 4.79 Å². The van der Waals surface area contributed by atoms with Crippen LogP contribution in [0.5, 0.6) is 0 Å². The molecular formula is C17H22ClN5OS. The number of nitrogens with one attached hydrogen (secondary N) is 2. The number of aromatic nitrogens is 3. The molecule has 1 fully saturated rings. The van der Waals surface area contributed by atoms with Crippen LogP contribution in [0.3, 0.4) is 0 Å². The molecule has 25 heavy (non-hydrogen) atoms. The molecule has 1 aliphatic heterocycles. The Hall–Kier alpha value is -1.57. The average Bonchev–Trinajstić information content (AvgIpc) is 2.98. The average molecular weight is 380 g/mol. The molecule has 134 valence electrons. The first-order valence-electron chi connectivity index (χ1n) is 8.35. The third-order valence-corrected chi connectivity index (χ3v) is 5.41. The second-order valence-electron chi connectivity index (χ2n) is 6.11. The van der Waals surface area contributed by atoms with Crippen molar-refractivity contribution in [2.75, 3.05) is 24.2 Å². The predicted octanol–water partition coefficient (Wildman–Crippen LogP) is 2.81. The zero-order valence-electron chi connectivity index (χ0n) is 14.2. The zero-order valence-corrected chi connectivity index (χ0v) is 15.7. The number of aryl methyl sites for hydroxylation is 1. The SMILES string of the molecule is Cn1nc(C2CCNCC2)nc1NC(=O)CSCc1ccc(Cl)cc1. The van der Waals surface area contributed by atoms with Crippen LogP contribution >= 0.6 is 23.4 Å². The molecule has 1 aliphatic rings. The normalized spacial score (nSPS) is 15.3. The van der Waals surface area contributed by atoms with Gasteiger partial charge in [-0.3, -0.25) is 10.1 Å². The molecule has 8 heteroatoms. The van der Waals surface area contributed by atoms with Crippen LogP contribution in [0.2, 0.25) is 5.02 Å². The fourth-order valence-corrected chi connectivity index (χ4v) is 3.68. The molecule has 3 rings (SSSR count).